The normalized spacial score (nSPS) is 11.3. The van der Waals surface area contributed by atoms with Gasteiger partial charge in [0, 0.05) is 5.69 Å². The fraction of sp³-hybridized carbons (Fsp3) is 0.381. The van der Waals surface area contributed by atoms with E-state index >= 15 is 0 Å². The first-order valence-electron chi connectivity index (χ1n) is 8.65. The zero-order valence-corrected chi connectivity index (χ0v) is 15.7. The van der Waals surface area contributed by atoms with Crippen molar-refractivity contribution in [3.63, 3.8) is 0 Å². The van der Waals surface area contributed by atoms with Crippen LogP contribution >= 0.6 is 0 Å². The maximum atomic E-state index is 12.2. The second kappa shape index (κ2) is 8.06. The molecule has 0 unspecified atom stereocenters. The summed E-state index contributed by atoms with van der Waals surface area (Å²) in [5.41, 5.74) is 2.95. The largest absolute Gasteiger partial charge is 0.489 e. The standard InChI is InChI=1S/C21H28N2O2/c1-15(2)25-19-9-7-6-8-18(19)22-14-20(24)23-17-12-10-16(11-13-17)21(3,4)5/h6-13,15,22H,14H2,1-5H3,(H,23,24). The average Bonchev–Trinajstić information content (AvgIpc) is 2.53. The first-order chi connectivity index (χ1) is 11.8. The number of carbonyl (C=O) groups excluding carboxylic acids is 1. The molecular formula is C21H28N2O2. The second-order valence-corrected chi connectivity index (χ2v) is 7.39. The third-order valence-electron chi connectivity index (χ3n) is 3.72. The summed E-state index contributed by atoms with van der Waals surface area (Å²) in [6.07, 6.45) is 0.0816. The number of hydrogen-bond acceptors (Lipinski definition) is 3. The fourth-order valence-electron chi connectivity index (χ4n) is 2.40. The van der Waals surface area contributed by atoms with E-state index in [0.29, 0.717) is 0 Å². The van der Waals surface area contributed by atoms with E-state index in [1.165, 1.54) is 5.56 Å². The smallest absolute Gasteiger partial charge is 0.243 e. The SMILES string of the molecule is CC(C)Oc1ccccc1NCC(=O)Nc1ccc(C(C)(C)C)cc1. The van der Waals surface area contributed by atoms with Crippen LogP contribution in [0, 0.1) is 0 Å². The van der Waals surface area contributed by atoms with E-state index in [9.17, 15) is 4.79 Å². The van der Waals surface area contributed by atoms with Crippen molar-refractivity contribution in [2.24, 2.45) is 0 Å². The van der Waals surface area contributed by atoms with Crippen LogP contribution < -0.4 is 15.4 Å². The number of amides is 1. The number of para-hydroxylation sites is 2. The monoisotopic (exact) mass is 340 g/mol. The number of rotatable bonds is 6. The Kier molecular flexibility index (Phi) is 6.07. The first kappa shape index (κ1) is 18.8. The second-order valence-electron chi connectivity index (χ2n) is 7.39. The Labute approximate surface area is 150 Å². The van der Waals surface area contributed by atoms with Crippen LogP contribution in [-0.2, 0) is 10.2 Å². The molecule has 4 nitrogen and oxygen atoms in total. The Morgan fingerprint density at radius 1 is 1.04 bits per heavy atom. The number of carbonyl (C=O) groups is 1. The Hall–Kier alpha value is -2.49. The minimum atomic E-state index is -0.0946. The van der Waals surface area contributed by atoms with E-state index in [-0.39, 0.29) is 24.0 Å². The number of anilines is 2. The predicted octanol–water partition coefficient (Wildman–Crippen LogP) is 4.82. The Balaban J connectivity index is 1.93. The molecule has 0 heterocycles. The van der Waals surface area contributed by atoms with Crippen molar-refractivity contribution in [3.8, 4) is 5.75 Å². The van der Waals surface area contributed by atoms with Gasteiger partial charge in [0.2, 0.25) is 5.91 Å². The highest BCUT2D eigenvalue weighted by Crippen LogP contribution is 2.25. The zero-order chi connectivity index (χ0) is 18.4. The van der Waals surface area contributed by atoms with Gasteiger partial charge in [0.25, 0.3) is 0 Å². The summed E-state index contributed by atoms with van der Waals surface area (Å²) in [6.45, 7) is 10.6. The van der Waals surface area contributed by atoms with Crippen molar-refractivity contribution < 1.29 is 9.53 Å². The van der Waals surface area contributed by atoms with Crippen LogP contribution in [0.15, 0.2) is 48.5 Å². The third-order valence-corrected chi connectivity index (χ3v) is 3.72. The van der Waals surface area contributed by atoms with E-state index in [1.807, 2.05) is 50.2 Å². The molecule has 0 radical (unpaired) electrons. The van der Waals surface area contributed by atoms with Crippen LogP contribution in [0.2, 0.25) is 0 Å². The lowest BCUT2D eigenvalue weighted by Crippen LogP contribution is -2.22. The molecule has 2 N–H and O–H groups in total. The summed E-state index contributed by atoms with van der Waals surface area (Å²) < 4.78 is 5.75. The molecule has 0 aliphatic heterocycles. The lowest BCUT2D eigenvalue weighted by atomic mass is 9.87. The van der Waals surface area contributed by atoms with Gasteiger partial charge in [0.05, 0.1) is 18.3 Å². The van der Waals surface area contributed by atoms with Gasteiger partial charge in [-0.25, -0.2) is 0 Å². The molecule has 0 saturated heterocycles. The molecule has 2 aromatic carbocycles. The third kappa shape index (κ3) is 5.82. The summed E-state index contributed by atoms with van der Waals surface area (Å²) in [7, 11) is 0. The van der Waals surface area contributed by atoms with Gasteiger partial charge in [0.1, 0.15) is 5.75 Å². The number of ether oxygens (including phenoxy) is 1. The molecular weight excluding hydrogens is 312 g/mol. The molecule has 0 bridgehead atoms. The number of benzene rings is 2. The highest BCUT2D eigenvalue weighted by molar-refractivity contribution is 5.93. The van der Waals surface area contributed by atoms with Gasteiger partial charge in [0.15, 0.2) is 0 Å². The van der Waals surface area contributed by atoms with Crippen molar-refractivity contribution in [2.45, 2.75) is 46.1 Å². The van der Waals surface area contributed by atoms with Crippen LogP contribution in [0.3, 0.4) is 0 Å². The summed E-state index contributed by atoms with van der Waals surface area (Å²) >= 11 is 0. The molecule has 25 heavy (non-hydrogen) atoms. The number of hydrogen-bond donors (Lipinski definition) is 2. The van der Waals surface area contributed by atoms with E-state index in [0.717, 1.165) is 17.1 Å². The summed E-state index contributed by atoms with van der Waals surface area (Å²) in [5.74, 6) is 0.655. The molecule has 0 aliphatic carbocycles. The lowest BCUT2D eigenvalue weighted by Gasteiger charge is -2.19. The van der Waals surface area contributed by atoms with Gasteiger partial charge in [-0.05, 0) is 49.1 Å². The maximum absolute atomic E-state index is 12.2. The molecule has 0 fully saturated rings. The van der Waals surface area contributed by atoms with Gasteiger partial charge in [-0.2, -0.15) is 0 Å². The van der Waals surface area contributed by atoms with Crippen LogP contribution in [0.1, 0.15) is 40.2 Å². The van der Waals surface area contributed by atoms with Crippen molar-refractivity contribution in [2.75, 3.05) is 17.2 Å². The van der Waals surface area contributed by atoms with Crippen LogP contribution in [0.4, 0.5) is 11.4 Å². The summed E-state index contributed by atoms with van der Waals surface area (Å²) in [4.78, 5) is 12.2. The van der Waals surface area contributed by atoms with Crippen LogP contribution in [0.5, 0.6) is 5.75 Å². The van der Waals surface area contributed by atoms with Crippen molar-refractivity contribution in [1.82, 2.24) is 0 Å². The Morgan fingerprint density at radius 3 is 2.28 bits per heavy atom. The Morgan fingerprint density at radius 2 is 1.68 bits per heavy atom. The lowest BCUT2D eigenvalue weighted by molar-refractivity contribution is -0.114. The molecule has 0 atom stereocenters. The minimum absolute atomic E-state index is 0.0816. The Bertz CT molecular complexity index is 701. The van der Waals surface area contributed by atoms with Gasteiger partial charge in [-0.3, -0.25) is 4.79 Å². The summed E-state index contributed by atoms with van der Waals surface area (Å²) in [6, 6.07) is 15.6. The molecule has 134 valence electrons. The fourth-order valence-corrected chi connectivity index (χ4v) is 2.40. The molecule has 1 amide bonds. The zero-order valence-electron chi connectivity index (χ0n) is 15.7. The molecule has 0 aliphatic rings. The van der Waals surface area contributed by atoms with Crippen molar-refractivity contribution in [1.29, 1.82) is 0 Å². The van der Waals surface area contributed by atoms with Crippen LogP contribution in [-0.4, -0.2) is 18.6 Å². The molecule has 0 saturated carbocycles. The molecule has 0 aromatic heterocycles. The van der Waals surface area contributed by atoms with Crippen molar-refractivity contribution in [3.05, 3.63) is 54.1 Å². The molecule has 2 aromatic rings. The molecule has 0 spiro atoms. The number of nitrogens with one attached hydrogen (secondary N) is 2. The van der Waals surface area contributed by atoms with Gasteiger partial charge >= 0.3 is 0 Å². The van der Waals surface area contributed by atoms with Gasteiger partial charge in [-0.1, -0.05) is 45.0 Å². The molecule has 2 rings (SSSR count). The average molecular weight is 340 g/mol. The highest BCUT2D eigenvalue weighted by atomic mass is 16.5. The van der Waals surface area contributed by atoms with Gasteiger partial charge < -0.3 is 15.4 Å². The van der Waals surface area contributed by atoms with E-state index in [2.05, 4.69) is 43.5 Å². The van der Waals surface area contributed by atoms with E-state index < -0.39 is 0 Å². The first-order valence-corrected chi connectivity index (χ1v) is 8.65. The minimum Gasteiger partial charge on any atom is -0.489 e. The van der Waals surface area contributed by atoms with Crippen LogP contribution in [0.25, 0.3) is 0 Å². The predicted molar refractivity (Wildman–Crippen MR) is 104 cm³/mol. The maximum Gasteiger partial charge on any atom is 0.243 e. The van der Waals surface area contributed by atoms with E-state index in [4.69, 9.17) is 4.74 Å². The summed E-state index contributed by atoms with van der Waals surface area (Å²) in [5, 5.41) is 6.05. The molecule has 4 heteroatoms. The highest BCUT2D eigenvalue weighted by Gasteiger charge is 2.13. The van der Waals surface area contributed by atoms with Gasteiger partial charge in [-0.15, -0.1) is 0 Å². The van der Waals surface area contributed by atoms with Crippen molar-refractivity contribution >= 4 is 17.3 Å². The van der Waals surface area contributed by atoms with E-state index in [1.54, 1.807) is 0 Å². The quantitative estimate of drug-likeness (QED) is 0.792. The topological polar surface area (TPSA) is 50.4 Å².